The minimum Gasteiger partial charge on any atom is -0.495 e. The fourth-order valence-electron chi connectivity index (χ4n) is 4.15. The van der Waals surface area contributed by atoms with Gasteiger partial charge in [0.15, 0.2) is 0 Å². The zero-order chi connectivity index (χ0) is 20.9. The van der Waals surface area contributed by atoms with Gasteiger partial charge in [-0.05, 0) is 24.3 Å². The van der Waals surface area contributed by atoms with Gasteiger partial charge in [-0.25, -0.2) is 0 Å². The van der Waals surface area contributed by atoms with Crippen molar-refractivity contribution in [3.05, 3.63) is 66.5 Å². The molecule has 3 heterocycles. The predicted molar refractivity (Wildman–Crippen MR) is 125 cm³/mol. The maximum absolute atomic E-state index is 5.52. The van der Waals surface area contributed by atoms with Crippen LogP contribution in [0.2, 0.25) is 0 Å². The van der Waals surface area contributed by atoms with Crippen LogP contribution in [0.4, 0.5) is 5.69 Å². The average Bonchev–Trinajstić information content (AvgIpc) is 3.19. The van der Waals surface area contributed by atoms with E-state index >= 15 is 0 Å². The van der Waals surface area contributed by atoms with Crippen molar-refractivity contribution < 1.29 is 4.74 Å². The molecule has 30 heavy (non-hydrogen) atoms. The second-order valence-electron chi connectivity index (χ2n) is 7.33. The third-order valence-electron chi connectivity index (χ3n) is 5.63. The zero-order valence-corrected chi connectivity index (χ0v) is 18.1. The number of aromatic nitrogens is 2. The third kappa shape index (κ3) is 3.98. The fourth-order valence-corrected chi connectivity index (χ4v) is 4.15. The molecule has 0 aliphatic carbocycles. The van der Waals surface area contributed by atoms with Crippen LogP contribution in [-0.4, -0.2) is 48.2 Å². The van der Waals surface area contributed by atoms with Crippen molar-refractivity contribution in [2.75, 3.05) is 38.2 Å². The van der Waals surface area contributed by atoms with Gasteiger partial charge in [-0.2, -0.15) is 0 Å². The van der Waals surface area contributed by atoms with Crippen LogP contribution in [0.15, 0.2) is 60.8 Å². The average molecular weight is 403 g/mol. The molecule has 2 aromatic carbocycles. The van der Waals surface area contributed by atoms with Crippen LogP contribution in [-0.2, 0) is 6.54 Å². The van der Waals surface area contributed by atoms with Crippen molar-refractivity contribution in [3.8, 4) is 5.75 Å². The summed E-state index contributed by atoms with van der Waals surface area (Å²) in [5, 5.41) is 2.52. The molecule has 1 aliphatic heterocycles. The molecule has 156 valence electrons. The van der Waals surface area contributed by atoms with Gasteiger partial charge in [0, 0.05) is 49.0 Å². The number of fused-ring (bicyclic) bond motifs is 3. The number of piperazine rings is 1. The van der Waals surface area contributed by atoms with Crippen molar-refractivity contribution in [1.29, 1.82) is 0 Å². The van der Waals surface area contributed by atoms with E-state index in [1.54, 1.807) is 7.11 Å². The summed E-state index contributed by atoms with van der Waals surface area (Å²) >= 11 is 0. The number of benzene rings is 2. The van der Waals surface area contributed by atoms with E-state index in [0.29, 0.717) is 0 Å². The first kappa shape index (κ1) is 20.2. The molecule has 1 saturated heterocycles. The minimum atomic E-state index is 0.884. The Morgan fingerprint density at radius 2 is 1.63 bits per heavy atom. The summed E-state index contributed by atoms with van der Waals surface area (Å²) in [6.07, 6.45) is 1.97. The Balaban J connectivity index is 0.00000106. The molecule has 0 amide bonds. The molecule has 0 atom stereocenters. The van der Waals surface area contributed by atoms with E-state index in [1.165, 1.54) is 22.0 Å². The Labute approximate surface area is 178 Å². The van der Waals surface area contributed by atoms with E-state index in [1.807, 2.05) is 32.2 Å². The maximum Gasteiger partial charge on any atom is 0.142 e. The van der Waals surface area contributed by atoms with Gasteiger partial charge >= 0.3 is 0 Å². The molecule has 4 aromatic rings. The van der Waals surface area contributed by atoms with E-state index in [2.05, 4.69) is 57.2 Å². The van der Waals surface area contributed by atoms with E-state index in [-0.39, 0.29) is 0 Å². The number of nitrogens with zero attached hydrogens (tertiary/aromatic N) is 3. The molecule has 0 unspecified atom stereocenters. The summed E-state index contributed by atoms with van der Waals surface area (Å²) in [5.74, 6) is 0.947. The van der Waals surface area contributed by atoms with E-state index in [4.69, 9.17) is 9.72 Å². The summed E-state index contributed by atoms with van der Waals surface area (Å²) in [7, 11) is 1.74. The number of anilines is 1. The third-order valence-corrected chi connectivity index (χ3v) is 5.63. The Hall–Kier alpha value is -3.05. The highest BCUT2D eigenvalue weighted by Crippen LogP contribution is 2.29. The number of H-pyrrole nitrogens is 1. The Bertz CT molecular complexity index is 1110. The van der Waals surface area contributed by atoms with Gasteiger partial charge < -0.3 is 14.6 Å². The van der Waals surface area contributed by atoms with Gasteiger partial charge in [-0.15, -0.1) is 0 Å². The molecule has 2 aromatic heterocycles. The molecular weight excluding hydrogens is 372 g/mol. The van der Waals surface area contributed by atoms with Crippen LogP contribution in [0, 0.1) is 0 Å². The fraction of sp³-hybridized carbons (Fsp3) is 0.320. The lowest BCUT2D eigenvalue weighted by Gasteiger charge is -2.36. The number of ether oxygens (including phenoxy) is 1. The van der Waals surface area contributed by atoms with Crippen molar-refractivity contribution in [1.82, 2.24) is 14.9 Å². The summed E-state index contributed by atoms with van der Waals surface area (Å²) in [6, 6.07) is 18.9. The van der Waals surface area contributed by atoms with Crippen LogP contribution in [0.5, 0.6) is 5.75 Å². The molecule has 0 radical (unpaired) electrons. The highest BCUT2D eigenvalue weighted by atomic mass is 16.5. The van der Waals surface area contributed by atoms with Crippen molar-refractivity contribution >= 4 is 27.5 Å². The van der Waals surface area contributed by atoms with Gasteiger partial charge in [-0.3, -0.25) is 9.88 Å². The summed E-state index contributed by atoms with van der Waals surface area (Å²) in [5.41, 5.74) is 4.58. The van der Waals surface area contributed by atoms with Crippen molar-refractivity contribution in [2.45, 2.75) is 20.4 Å². The molecule has 0 bridgehead atoms. The van der Waals surface area contributed by atoms with Crippen LogP contribution in [0.1, 0.15) is 19.5 Å². The van der Waals surface area contributed by atoms with Gasteiger partial charge in [-0.1, -0.05) is 44.2 Å². The highest BCUT2D eigenvalue weighted by Gasteiger charge is 2.20. The number of pyridine rings is 1. The Kier molecular flexibility index (Phi) is 6.19. The van der Waals surface area contributed by atoms with Crippen LogP contribution in [0.25, 0.3) is 21.8 Å². The smallest absolute Gasteiger partial charge is 0.142 e. The second kappa shape index (κ2) is 9.18. The molecule has 0 spiro atoms. The molecular formula is C25H30N4O. The lowest BCUT2D eigenvalue weighted by atomic mass is 10.1. The molecule has 5 nitrogen and oxygen atoms in total. The van der Waals surface area contributed by atoms with E-state index in [0.717, 1.165) is 49.7 Å². The number of methoxy groups -OCH3 is 1. The standard InChI is InChI=1S/C23H24N4O.C2H6/c1-28-23-9-5-4-8-22(23)27-12-10-26(11-13-27)16-17-14-19-18-6-2-3-7-20(18)25-21(19)15-24-17;1-2/h2-9,14-15,25H,10-13,16H2,1H3;1-2H3. The van der Waals surface area contributed by atoms with Gasteiger partial charge in [0.25, 0.3) is 0 Å². The first-order valence-electron chi connectivity index (χ1n) is 10.8. The first-order valence-corrected chi connectivity index (χ1v) is 10.8. The van der Waals surface area contributed by atoms with Gasteiger partial charge in [0.2, 0.25) is 0 Å². The normalized spacial score (nSPS) is 14.6. The minimum absolute atomic E-state index is 0.884. The summed E-state index contributed by atoms with van der Waals surface area (Å²) in [4.78, 5) is 13.0. The summed E-state index contributed by atoms with van der Waals surface area (Å²) in [6.45, 7) is 8.91. The highest BCUT2D eigenvalue weighted by molar-refractivity contribution is 6.06. The van der Waals surface area contributed by atoms with Gasteiger partial charge in [0.05, 0.1) is 30.2 Å². The Morgan fingerprint density at radius 1 is 0.900 bits per heavy atom. The quantitative estimate of drug-likeness (QED) is 0.517. The number of hydrogen-bond donors (Lipinski definition) is 1. The number of para-hydroxylation sites is 3. The topological polar surface area (TPSA) is 44.4 Å². The molecule has 5 heteroatoms. The van der Waals surface area contributed by atoms with Crippen molar-refractivity contribution in [2.24, 2.45) is 0 Å². The second-order valence-corrected chi connectivity index (χ2v) is 7.33. The number of nitrogens with one attached hydrogen (secondary N) is 1. The van der Waals surface area contributed by atoms with Crippen LogP contribution in [0.3, 0.4) is 0 Å². The Morgan fingerprint density at radius 3 is 2.43 bits per heavy atom. The lowest BCUT2D eigenvalue weighted by molar-refractivity contribution is 0.246. The molecule has 5 rings (SSSR count). The molecule has 1 fully saturated rings. The molecule has 1 aliphatic rings. The van der Waals surface area contributed by atoms with Crippen LogP contribution < -0.4 is 9.64 Å². The first-order chi connectivity index (χ1) is 14.8. The van der Waals surface area contributed by atoms with Gasteiger partial charge in [0.1, 0.15) is 5.75 Å². The van der Waals surface area contributed by atoms with Crippen molar-refractivity contribution in [3.63, 3.8) is 0 Å². The predicted octanol–water partition coefficient (Wildman–Crippen LogP) is 5.07. The largest absolute Gasteiger partial charge is 0.495 e. The number of rotatable bonds is 4. The van der Waals surface area contributed by atoms with E-state index < -0.39 is 0 Å². The van der Waals surface area contributed by atoms with E-state index in [9.17, 15) is 0 Å². The lowest BCUT2D eigenvalue weighted by Crippen LogP contribution is -2.46. The zero-order valence-electron chi connectivity index (χ0n) is 18.1. The van der Waals surface area contributed by atoms with Crippen LogP contribution >= 0.6 is 0 Å². The summed E-state index contributed by atoms with van der Waals surface area (Å²) < 4.78 is 5.52. The monoisotopic (exact) mass is 402 g/mol. The maximum atomic E-state index is 5.52. The number of hydrogen-bond acceptors (Lipinski definition) is 4. The molecule has 0 saturated carbocycles. The number of aromatic amines is 1. The molecule has 1 N–H and O–H groups in total. The SMILES string of the molecule is CC.COc1ccccc1N1CCN(Cc2cc3c(cn2)[nH]c2ccccc23)CC1.